The third-order valence-electron chi connectivity index (χ3n) is 1.83. The van der Waals surface area contributed by atoms with Crippen LogP contribution in [0.25, 0.3) is 0 Å². The monoisotopic (exact) mass is 289 g/mol. The van der Waals surface area contributed by atoms with Gasteiger partial charge in [0, 0.05) is 9.26 Å². The van der Waals surface area contributed by atoms with Crippen LogP contribution in [0.2, 0.25) is 0 Å². The average Bonchev–Trinajstić information content (AvgIpc) is 1.94. The Morgan fingerprint density at radius 3 is 2.46 bits per heavy atom. The highest BCUT2D eigenvalue weighted by atomic mass is 127. The summed E-state index contributed by atoms with van der Waals surface area (Å²) in [6.07, 6.45) is 1.04. The normalized spacial score (nSPS) is 11.7. The van der Waals surface area contributed by atoms with Gasteiger partial charge in [0.15, 0.2) is 0 Å². The standard InChI is InChI=1S/C11H16IN/c1-11(2,3)7-8-6-9(12)4-5-10(8)13/h4-6H,7,13H2,1-3H3. The number of halogens is 1. The summed E-state index contributed by atoms with van der Waals surface area (Å²) in [5, 5.41) is 0. The summed E-state index contributed by atoms with van der Waals surface area (Å²) in [6, 6.07) is 6.20. The van der Waals surface area contributed by atoms with Crippen LogP contribution in [0, 0.1) is 8.99 Å². The van der Waals surface area contributed by atoms with Gasteiger partial charge < -0.3 is 5.73 Å². The highest BCUT2D eigenvalue weighted by Crippen LogP contribution is 2.25. The van der Waals surface area contributed by atoms with E-state index in [4.69, 9.17) is 5.73 Å². The van der Waals surface area contributed by atoms with Gasteiger partial charge >= 0.3 is 0 Å². The van der Waals surface area contributed by atoms with E-state index in [2.05, 4.69) is 49.4 Å². The molecule has 2 heteroatoms. The van der Waals surface area contributed by atoms with E-state index in [1.807, 2.05) is 12.1 Å². The van der Waals surface area contributed by atoms with Crippen LogP contribution in [0.4, 0.5) is 5.69 Å². The molecule has 1 nitrogen and oxygen atoms in total. The Morgan fingerprint density at radius 1 is 1.31 bits per heavy atom. The molecule has 2 N–H and O–H groups in total. The molecule has 1 rings (SSSR count). The molecule has 0 heterocycles. The molecule has 1 aromatic rings. The largest absolute Gasteiger partial charge is 0.399 e. The molecule has 0 aliphatic carbocycles. The number of rotatable bonds is 1. The second-order valence-electron chi connectivity index (χ2n) is 4.58. The fourth-order valence-corrected chi connectivity index (χ4v) is 1.85. The molecule has 0 aromatic heterocycles. The van der Waals surface area contributed by atoms with Crippen molar-refractivity contribution in [2.75, 3.05) is 5.73 Å². The highest BCUT2D eigenvalue weighted by Gasteiger charge is 2.13. The van der Waals surface area contributed by atoms with Crippen molar-refractivity contribution in [3.63, 3.8) is 0 Å². The van der Waals surface area contributed by atoms with E-state index >= 15 is 0 Å². The lowest BCUT2D eigenvalue weighted by Gasteiger charge is -2.19. The van der Waals surface area contributed by atoms with E-state index in [0.29, 0.717) is 5.41 Å². The van der Waals surface area contributed by atoms with E-state index in [1.54, 1.807) is 0 Å². The van der Waals surface area contributed by atoms with Crippen molar-refractivity contribution >= 4 is 28.3 Å². The maximum absolute atomic E-state index is 5.89. The van der Waals surface area contributed by atoms with Crippen LogP contribution < -0.4 is 5.73 Å². The number of anilines is 1. The fourth-order valence-electron chi connectivity index (χ4n) is 1.30. The summed E-state index contributed by atoms with van der Waals surface area (Å²) < 4.78 is 1.26. The highest BCUT2D eigenvalue weighted by molar-refractivity contribution is 14.1. The molecule has 0 bridgehead atoms. The smallest absolute Gasteiger partial charge is 0.0347 e. The van der Waals surface area contributed by atoms with E-state index in [0.717, 1.165) is 12.1 Å². The molecule has 0 atom stereocenters. The van der Waals surface area contributed by atoms with Crippen LogP contribution in [0.15, 0.2) is 18.2 Å². The van der Waals surface area contributed by atoms with Crippen molar-refractivity contribution in [2.45, 2.75) is 27.2 Å². The van der Waals surface area contributed by atoms with E-state index < -0.39 is 0 Å². The quantitative estimate of drug-likeness (QED) is 0.622. The first kappa shape index (κ1) is 10.8. The summed E-state index contributed by atoms with van der Waals surface area (Å²) in [4.78, 5) is 0. The second-order valence-corrected chi connectivity index (χ2v) is 5.83. The number of nitrogens with two attached hydrogens (primary N) is 1. The third kappa shape index (κ3) is 3.55. The minimum Gasteiger partial charge on any atom is -0.399 e. The maximum atomic E-state index is 5.89. The SMILES string of the molecule is CC(C)(C)Cc1cc(I)ccc1N. The van der Waals surface area contributed by atoms with Gasteiger partial charge in [-0.1, -0.05) is 20.8 Å². The maximum Gasteiger partial charge on any atom is 0.0347 e. The summed E-state index contributed by atoms with van der Waals surface area (Å²) in [6.45, 7) is 6.69. The molecule has 0 radical (unpaired) electrons. The minimum absolute atomic E-state index is 0.304. The first-order valence-electron chi connectivity index (χ1n) is 4.42. The van der Waals surface area contributed by atoms with Crippen LogP contribution >= 0.6 is 22.6 Å². The lowest BCUT2D eigenvalue weighted by atomic mass is 9.87. The lowest BCUT2D eigenvalue weighted by Crippen LogP contribution is -2.10. The molecule has 1 aromatic carbocycles. The third-order valence-corrected chi connectivity index (χ3v) is 2.50. The van der Waals surface area contributed by atoms with Crippen molar-refractivity contribution < 1.29 is 0 Å². The summed E-state index contributed by atoms with van der Waals surface area (Å²) in [7, 11) is 0. The Balaban J connectivity index is 2.94. The van der Waals surface area contributed by atoms with Crippen molar-refractivity contribution in [1.29, 1.82) is 0 Å². The Labute approximate surface area is 93.9 Å². The topological polar surface area (TPSA) is 26.0 Å². The fraction of sp³-hybridized carbons (Fsp3) is 0.455. The molecule has 13 heavy (non-hydrogen) atoms. The Kier molecular flexibility index (Phi) is 3.22. The van der Waals surface area contributed by atoms with E-state index in [9.17, 15) is 0 Å². The van der Waals surface area contributed by atoms with Gasteiger partial charge in [-0.3, -0.25) is 0 Å². The zero-order chi connectivity index (χ0) is 10.1. The molecule has 0 fully saturated rings. The molecular formula is C11H16IN. The van der Waals surface area contributed by atoms with Crippen LogP contribution in [-0.4, -0.2) is 0 Å². The number of nitrogen functional groups attached to an aromatic ring is 1. The van der Waals surface area contributed by atoms with Crippen molar-refractivity contribution in [3.05, 3.63) is 27.3 Å². The molecule has 0 unspecified atom stereocenters. The first-order valence-corrected chi connectivity index (χ1v) is 5.50. The van der Waals surface area contributed by atoms with Gasteiger partial charge in [0.25, 0.3) is 0 Å². The Morgan fingerprint density at radius 2 is 1.92 bits per heavy atom. The van der Waals surface area contributed by atoms with E-state index in [1.165, 1.54) is 9.13 Å². The molecular weight excluding hydrogens is 273 g/mol. The minimum atomic E-state index is 0.304. The number of hydrogen-bond donors (Lipinski definition) is 1. The van der Waals surface area contributed by atoms with Gasteiger partial charge in [-0.25, -0.2) is 0 Å². The second kappa shape index (κ2) is 3.86. The van der Waals surface area contributed by atoms with Crippen LogP contribution in [0.3, 0.4) is 0 Å². The van der Waals surface area contributed by atoms with Crippen LogP contribution in [0.5, 0.6) is 0 Å². The summed E-state index contributed by atoms with van der Waals surface area (Å²) >= 11 is 2.32. The molecule has 0 amide bonds. The first-order chi connectivity index (χ1) is 5.88. The van der Waals surface area contributed by atoms with E-state index in [-0.39, 0.29) is 0 Å². The number of benzene rings is 1. The van der Waals surface area contributed by atoms with Gasteiger partial charge in [-0.2, -0.15) is 0 Å². The Bertz CT molecular complexity index is 299. The van der Waals surface area contributed by atoms with Crippen LogP contribution in [-0.2, 0) is 6.42 Å². The van der Waals surface area contributed by atoms with Gasteiger partial charge in [-0.15, -0.1) is 0 Å². The van der Waals surface area contributed by atoms with Gasteiger partial charge in [0.2, 0.25) is 0 Å². The van der Waals surface area contributed by atoms with Crippen molar-refractivity contribution in [1.82, 2.24) is 0 Å². The summed E-state index contributed by atoms with van der Waals surface area (Å²) in [5.74, 6) is 0. The predicted molar refractivity (Wildman–Crippen MR) is 66.7 cm³/mol. The van der Waals surface area contributed by atoms with Crippen molar-refractivity contribution in [3.8, 4) is 0 Å². The molecule has 0 spiro atoms. The molecule has 72 valence electrons. The van der Waals surface area contributed by atoms with Crippen LogP contribution in [0.1, 0.15) is 26.3 Å². The van der Waals surface area contributed by atoms with Gasteiger partial charge in [0.1, 0.15) is 0 Å². The van der Waals surface area contributed by atoms with Gasteiger partial charge in [-0.05, 0) is 58.2 Å². The number of hydrogen-bond acceptors (Lipinski definition) is 1. The summed E-state index contributed by atoms with van der Waals surface area (Å²) in [5.41, 5.74) is 8.37. The average molecular weight is 289 g/mol. The molecule has 0 aliphatic rings. The zero-order valence-corrected chi connectivity index (χ0v) is 10.6. The lowest BCUT2D eigenvalue weighted by molar-refractivity contribution is 0.412. The molecule has 0 saturated heterocycles. The molecule has 0 aliphatic heterocycles. The predicted octanol–water partition coefficient (Wildman–Crippen LogP) is 3.46. The zero-order valence-electron chi connectivity index (χ0n) is 8.39. The van der Waals surface area contributed by atoms with Crippen molar-refractivity contribution in [2.24, 2.45) is 5.41 Å². The van der Waals surface area contributed by atoms with Gasteiger partial charge in [0.05, 0.1) is 0 Å². The molecule has 0 saturated carbocycles. The Hall–Kier alpha value is -0.250.